The summed E-state index contributed by atoms with van der Waals surface area (Å²) in [5.74, 6) is 0.290. The molecule has 1 fully saturated rings. The molecule has 114 valence electrons. The molecule has 0 spiro atoms. The molecule has 1 aliphatic carbocycles. The van der Waals surface area contributed by atoms with Gasteiger partial charge in [0.1, 0.15) is 11.3 Å². The number of benzene rings is 1. The Morgan fingerprint density at radius 3 is 2.38 bits per heavy atom. The Labute approximate surface area is 128 Å². The lowest BCUT2D eigenvalue weighted by Gasteiger charge is -2.29. The van der Waals surface area contributed by atoms with Gasteiger partial charge < -0.3 is 5.11 Å². The van der Waals surface area contributed by atoms with Crippen LogP contribution >= 0.6 is 0 Å². The molecular formula is C18H26N2O. The third kappa shape index (κ3) is 5.06. The smallest absolute Gasteiger partial charge is 0.115 e. The monoisotopic (exact) mass is 286 g/mol. The molecule has 1 unspecified atom stereocenters. The largest absolute Gasteiger partial charge is 0.508 e. The zero-order valence-electron chi connectivity index (χ0n) is 12.9. The average molecular weight is 286 g/mol. The van der Waals surface area contributed by atoms with Crippen LogP contribution in [0.3, 0.4) is 0 Å². The van der Waals surface area contributed by atoms with Gasteiger partial charge in [0.25, 0.3) is 0 Å². The van der Waals surface area contributed by atoms with Crippen LogP contribution in [0.5, 0.6) is 5.75 Å². The zero-order chi connectivity index (χ0) is 15.1. The summed E-state index contributed by atoms with van der Waals surface area (Å²) in [6.07, 6.45) is 9.24. The van der Waals surface area contributed by atoms with E-state index in [0.717, 1.165) is 18.4 Å². The van der Waals surface area contributed by atoms with Gasteiger partial charge in [0.05, 0.1) is 6.07 Å². The van der Waals surface area contributed by atoms with Crippen molar-refractivity contribution in [3.63, 3.8) is 0 Å². The lowest BCUT2D eigenvalue weighted by atomic mass is 9.92. The molecular weight excluding hydrogens is 260 g/mol. The van der Waals surface area contributed by atoms with Crippen molar-refractivity contribution < 1.29 is 5.11 Å². The first-order valence-corrected chi connectivity index (χ1v) is 8.08. The molecule has 1 atom stereocenters. The van der Waals surface area contributed by atoms with E-state index in [2.05, 4.69) is 11.4 Å². The number of phenols is 1. The molecule has 0 aromatic heterocycles. The highest BCUT2D eigenvalue weighted by Crippen LogP contribution is 2.22. The second-order valence-electron chi connectivity index (χ2n) is 6.44. The van der Waals surface area contributed by atoms with Crippen LogP contribution in [-0.2, 0) is 6.42 Å². The fourth-order valence-electron chi connectivity index (χ4n) is 3.09. The van der Waals surface area contributed by atoms with Crippen LogP contribution in [0.25, 0.3) is 0 Å². The van der Waals surface area contributed by atoms with Crippen molar-refractivity contribution in [3.8, 4) is 11.8 Å². The van der Waals surface area contributed by atoms with Gasteiger partial charge in [-0.2, -0.15) is 5.26 Å². The zero-order valence-corrected chi connectivity index (χ0v) is 12.9. The SMILES string of the molecule is CC(C#N)(CCc1ccc(O)cc1)NC1CCCCCC1. The Morgan fingerprint density at radius 2 is 1.81 bits per heavy atom. The number of aryl methyl sites for hydroxylation is 1. The maximum absolute atomic E-state index is 9.56. The first-order valence-electron chi connectivity index (χ1n) is 8.08. The van der Waals surface area contributed by atoms with Gasteiger partial charge in [0, 0.05) is 6.04 Å². The quantitative estimate of drug-likeness (QED) is 0.807. The minimum atomic E-state index is -0.465. The lowest BCUT2D eigenvalue weighted by Crippen LogP contribution is -2.47. The van der Waals surface area contributed by atoms with Crippen molar-refractivity contribution in [1.82, 2.24) is 5.32 Å². The normalized spacial score (nSPS) is 19.4. The van der Waals surface area contributed by atoms with E-state index in [0.29, 0.717) is 11.8 Å². The van der Waals surface area contributed by atoms with E-state index in [9.17, 15) is 10.4 Å². The van der Waals surface area contributed by atoms with Gasteiger partial charge in [-0.25, -0.2) is 0 Å². The van der Waals surface area contributed by atoms with Crippen molar-refractivity contribution in [2.45, 2.75) is 69.9 Å². The van der Waals surface area contributed by atoms with E-state index < -0.39 is 5.54 Å². The van der Waals surface area contributed by atoms with E-state index in [4.69, 9.17) is 0 Å². The summed E-state index contributed by atoms with van der Waals surface area (Å²) in [6, 6.07) is 10.2. The number of hydrogen-bond donors (Lipinski definition) is 2. The van der Waals surface area contributed by atoms with Crippen LogP contribution in [0, 0.1) is 11.3 Å². The van der Waals surface area contributed by atoms with Crippen molar-refractivity contribution >= 4 is 0 Å². The van der Waals surface area contributed by atoms with E-state index in [-0.39, 0.29) is 0 Å². The van der Waals surface area contributed by atoms with Gasteiger partial charge in [0.2, 0.25) is 0 Å². The number of nitrogens with one attached hydrogen (secondary N) is 1. The number of nitriles is 1. The summed E-state index contributed by atoms with van der Waals surface area (Å²) >= 11 is 0. The number of aromatic hydroxyl groups is 1. The molecule has 1 aromatic carbocycles. The molecule has 0 heterocycles. The average Bonchev–Trinajstić information content (AvgIpc) is 2.75. The Bertz CT molecular complexity index is 469. The Kier molecular flexibility index (Phi) is 5.64. The summed E-state index contributed by atoms with van der Waals surface area (Å²) in [6.45, 7) is 2.01. The first kappa shape index (κ1) is 15.9. The van der Waals surface area contributed by atoms with E-state index >= 15 is 0 Å². The Balaban J connectivity index is 1.90. The standard InChI is InChI=1S/C18H26N2O/c1-18(14-19,20-16-6-4-2-3-5-7-16)13-12-15-8-10-17(21)11-9-15/h8-11,16,20-21H,2-7,12-13H2,1H3. The predicted octanol–water partition coefficient (Wildman–Crippen LogP) is 3.92. The second-order valence-corrected chi connectivity index (χ2v) is 6.44. The maximum atomic E-state index is 9.56. The number of hydrogen-bond acceptors (Lipinski definition) is 3. The van der Waals surface area contributed by atoms with Crippen molar-refractivity contribution in [2.24, 2.45) is 0 Å². The number of rotatable bonds is 5. The first-order chi connectivity index (χ1) is 10.1. The van der Waals surface area contributed by atoms with Gasteiger partial charge in [-0.05, 0) is 50.3 Å². The van der Waals surface area contributed by atoms with Crippen molar-refractivity contribution in [1.29, 1.82) is 5.26 Å². The highest BCUT2D eigenvalue weighted by Gasteiger charge is 2.27. The van der Waals surface area contributed by atoms with E-state index in [1.165, 1.54) is 38.5 Å². The van der Waals surface area contributed by atoms with Crippen LogP contribution in [0.4, 0.5) is 0 Å². The van der Waals surface area contributed by atoms with Crippen LogP contribution in [-0.4, -0.2) is 16.7 Å². The molecule has 0 saturated heterocycles. The molecule has 0 bridgehead atoms. The van der Waals surface area contributed by atoms with Crippen LogP contribution in [0.15, 0.2) is 24.3 Å². The molecule has 0 aliphatic heterocycles. The number of nitrogens with zero attached hydrogens (tertiary/aromatic N) is 1. The number of phenolic OH excluding ortho intramolecular Hbond substituents is 1. The summed E-state index contributed by atoms with van der Waals surface area (Å²) in [4.78, 5) is 0. The van der Waals surface area contributed by atoms with Gasteiger partial charge >= 0.3 is 0 Å². The highest BCUT2D eigenvalue weighted by atomic mass is 16.3. The van der Waals surface area contributed by atoms with Gasteiger partial charge in [-0.3, -0.25) is 5.32 Å². The lowest BCUT2D eigenvalue weighted by molar-refractivity contribution is 0.334. The molecule has 21 heavy (non-hydrogen) atoms. The third-order valence-corrected chi connectivity index (χ3v) is 4.47. The summed E-state index contributed by atoms with van der Waals surface area (Å²) in [5.41, 5.74) is 0.698. The van der Waals surface area contributed by atoms with Crippen LogP contribution in [0.2, 0.25) is 0 Å². The van der Waals surface area contributed by atoms with Gasteiger partial charge in [0.15, 0.2) is 0 Å². The minimum Gasteiger partial charge on any atom is -0.508 e. The molecule has 3 heteroatoms. The third-order valence-electron chi connectivity index (χ3n) is 4.47. The van der Waals surface area contributed by atoms with E-state index in [1.807, 2.05) is 19.1 Å². The minimum absolute atomic E-state index is 0.290. The Morgan fingerprint density at radius 1 is 1.19 bits per heavy atom. The molecule has 1 aromatic rings. The van der Waals surface area contributed by atoms with Crippen LogP contribution < -0.4 is 5.32 Å². The predicted molar refractivity (Wildman–Crippen MR) is 85.1 cm³/mol. The highest BCUT2D eigenvalue weighted by molar-refractivity contribution is 5.26. The molecule has 3 nitrogen and oxygen atoms in total. The second kappa shape index (κ2) is 7.47. The van der Waals surface area contributed by atoms with Crippen molar-refractivity contribution in [2.75, 3.05) is 0 Å². The molecule has 1 saturated carbocycles. The fourth-order valence-corrected chi connectivity index (χ4v) is 3.09. The molecule has 0 amide bonds. The van der Waals surface area contributed by atoms with Crippen molar-refractivity contribution in [3.05, 3.63) is 29.8 Å². The summed E-state index contributed by atoms with van der Waals surface area (Å²) in [7, 11) is 0. The molecule has 1 aliphatic rings. The molecule has 2 rings (SSSR count). The summed E-state index contributed by atoms with van der Waals surface area (Å²) < 4.78 is 0. The molecule has 2 N–H and O–H groups in total. The maximum Gasteiger partial charge on any atom is 0.115 e. The molecule has 0 radical (unpaired) electrons. The summed E-state index contributed by atoms with van der Waals surface area (Å²) in [5, 5.41) is 22.5. The topological polar surface area (TPSA) is 56.0 Å². The Hall–Kier alpha value is -1.53. The van der Waals surface area contributed by atoms with Gasteiger partial charge in [-0.15, -0.1) is 0 Å². The van der Waals surface area contributed by atoms with E-state index in [1.54, 1.807) is 12.1 Å². The van der Waals surface area contributed by atoms with Crippen LogP contribution in [0.1, 0.15) is 57.4 Å². The van der Waals surface area contributed by atoms with Gasteiger partial charge in [-0.1, -0.05) is 37.8 Å². The fraction of sp³-hybridized carbons (Fsp3) is 0.611.